The van der Waals surface area contributed by atoms with Crippen LogP contribution in [0.25, 0.3) is 0 Å². The fraction of sp³-hybridized carbons (Fsp3) is 0.642. The number of allylic oxidation sites excluding steroid dienone is 27. The maximum atomic E-state index is 13.4. The zero-order valence-corrected chi connectivity index (χ0v) is 60.1. The molecule has 0 bridgehead atoms. The first-order chi connectivity index (χ1) is 48.8. The number of ether oxygens (including phenoxy) is 6. The van der Waals surface area contributed by atoms with Gasteiger partial charge in [0.05, 0.1) is 38.6 Å². The van der Waals surface area contributed by atoms with Crippen LogP contribution in [0.15, 0.2) is 170 Å². The summed E-state index contributed by atoms with van der Waals surface area (Å²) < 4.78 is 34.3. The molecule has 0 spiro atoms. The van der Waals surface area contributed by atoms with Gasteiger partial charge in [0.15, 0.2) is 18.9 Å². The molecule has 3 aliphatic rings. The molecule has 0 aromatic heterocycles. The third-order valence-corrected chi connectivity index (χ3v) is 17.2. The van der Waals surface area contributed by atoms with Gasteiger partial charge in [0, 0.05) is 6.42 Å². The van der Waals surface area contributed by atoms with Gasteiger partial charge < -0.3 is 89.9 Å². The summed E-state index contributed by atoms with van der Waals surface area (Å²) in [6.07, 6.45) is 61.9. The van der Waals surface area contributed by atoms with Crippen molar-refractivity contribution in [3.05, 3.63) is 170 Å². The van der Waals surface area contributed by atoms with E-state index >= 15 is 0 Å². The highest BCUT2D eigenvalue weighted by atomic mass is 16.8. The van der Waals surface area contributed by atoms with Gasteiger partial charge in [-0.1, -0.05) is 235 Å². The van der Waals surface area contributed by atoms with Crippen molar-refractivity contribution >= 4 is 5.91 Å². The molecule has 0 aliphatic carbocycles. The lowest BCUT2D eigenvalue weighted by Gasteiger charge is -2.48. The van der Waals surface area contributed by atoms with Crippen LogP contribution in [0.2, 0.25) is 0 Å². The van der Waals surface area contributed by atoms with E-state index in [0.717, 1.165) is 128 Å². The summed E-state index contributed by atoms with van der Waals surface area (Å²) in [6.45, 7) is 1.53. The van der Waals surface area contributed by atoms with Crippen molar-refractivity contribution in [1.29, 1.82) is 0 Å². The fourth-order valence-corrected chi connectivity index (χ4v) is 11.2. The standard InChI is InChI=1S/C81H129NO18/c1-3-5-7-9-11-13-15-17-19-21-22-23-24-25-26-27-28-29-30-31-32-33-34-35-36-37-38-39-40-41-42-43-45-47-49-51-53-55-57-59-69(87)82-64(65(86)58-56-54-52-50-48-46-44-20-18-16-14-12-10-8-6-4-2)63-95-79-75(93)72(90)77(67(61-84)97-79)100-81-76(94)73(91)78(68(62-85)98-81)99-80-74(92)71(89)70(88)66(60-83)96-80/h5,7,11,13,17-20,22-23,25-26,28-29,31-32,34-35,37-38,40-41,43,45,48,50,56,58,64-68,70-81,83-86,88-94H,3-4,6,8-10,12,14-16,21,24,27,30,33,36,39,42,44,46-47,49,51-55,57,59-63H2,1-2H3,(H,82,87)/b7-5-,13-11-,19-17-,20-18+,23-22-,26-25-,29-28-,32-31-,35-34-,38-37-,41-40-,45-43-,50-48+,58-56+. The second kappa shape index (κ2) is 59.5. The van der Waals surface area contributed by atoms with E-state index in [9.17, 15) is 61.0 Å². The molecular formula is C81H129NO18. The van der Waals surface area contributed by atoms with Gasteiger partial charge in [-0.2, -0.15) is 0 Å². The van der Waals surface area contributed by atoms with E-state index in [4.69, 9.17) is 28.4 Å². The molecule has 3 saturated heterocycles. The lowest BCUT2D eigenvalue weighted by atomic mass is 9.96. The molecule has 19 heteroatoms. The average molecular weight is 1400 g/mol. The van der Waals surface area contributed by atoms with E-state index in [-0.39, 0.29) is 12.3 Å². The van der Waals surface area contributed by atoms with Gasteiger partial charge in [0.2, 0.25) is 5.91 Å². The summed E-state index contributed by atoms with van der Waals surface area (Å²) in [4.78, 5) is 13.4. The molecule has 100 heavy (non-hydrogen) atoms. The fourth-order valence-electron chi connectivity index (χ4n) is 11.2. The Morgan fingerprint density at radius 1 is 0.370 bits per heavy atom. The topological polar surface area (TPSA) is 307 Å². The summed E-state index contributed by atoms with van der Waals surface area (Å²) in [5.74, 6) is -0.317. The van der Waals surface area contributed by atoms with Crippen LogP contribution in [0.3, 0.4) is 0 Å². The maximum Gasteiger partial charge on any atom is 0.220 e. The molecular weight excluding hydrogens is 1270 g/mol. The number of aliphatic hydroxyl groups excluding tert-OH is 11. The Morgan fingerprint density at radius 3 is 1.12 bits per heavy atom. The highest BCUT2D eigenvalue weighted by molar-refractivity contribution is 5.76. The van der Waals surface area contributed by atoms with Crippen molar-refractivity contribution in [3.8, 4) is 0 Å². The van der Waals surface area contributed by atoms with Gasteiger partial charge in [-0.25, -0.2) is 0 Å². The lowest BCUT2D eigenvalue weighted by Crippen LogP contribution is -2.66. The van der Waals surface area contributed by atoms with Gasteiger partial charge in [-0.3, -0.25) is 4.79 Å². The molecule has 3 heterocycles. The van der Waals surface area contributed by atoms with Crippen LogP contribution in [0.5, 0.6) is 0 Å². The maximum absolute atomic E-state index is 13.4. The molecule has 0 aromatic rings. The molecule has 0 radical (unpaired) electrons. The van der Waals surface area contributed by atoms with E-state index in [1.54, 1.807) is 6.08 Å². The van der Waals surface area contributed by atoms with Gasteiger partial charge >= 0.3 is 0 Å². The molecule has 0 aromatic carbocycles. The molecule has 566 valence electrons. The molecule has 12 N–H and O–H groups in total. The molecule has 0 saturated carbocycles. The van der Waals surface area contributed by atoms with Gasteiger partial charge in [0.25, 0.3) is 0 Å². The summed E-state index contributed by atoms with van der Waals surface area (Å²) in [6, 6.07) is -1.02. The second-order valence-corrected chi connectivity index (χ2v) is 25.6. The monoisotopic (exact) mass is 1400 g/mol. The van der Waals surface area contributed by atoms with Crippen LogP contribution in [-0.4, -0.2) is 193 Å². The van der Waals surface area contributed by atoms with Crippen molar-refractivity contribution in [2.75, 3.05) is 26.4 Å². The van der Waals surface area contributed by atoms with Crippen LogP contribution in [0, 0.1) is 0 Å². The van der Waals surface area contributed by atoms with Crippen LogP contribution in [0.1, 0.15) is 200 Å². The summed E-state index contributed by atoms with van der Waals surface area (Å²) in [5, 5.41) is 121. The molecule has 19 nitrogen and oxygen atoms in total. The van der Waals surface area contributed by atoms with Crippen molar-refractivity contribution in [2.45, 2.75) is 304 Å². The van der Waals surface area contributed by atoms with Crippen LogP contribution in [-0.2, 0) is 33.2 Å². The largest absolute Gasteiger partial charge is 0.394 e. The minimum absolute atomic E-state index is 0.197. The Kier molecular flexibility index (Phi) is 53.2. The Morgan fingerprint density at radius 2 is 0.700 bits per heavy atom. The number of carbonyl (C=O) groups is 1. The number of nitrogens with one attached hydrogen (secondary N) is 1. The molecule has 3 fully saturated rings. The van der Waals surface area contributed by atoms with Crippen molar-refractivity contribution in [2.24, 2.45) is 0 Å². The van der Waals surface area contributed by atoms with Crippen LogP contribution in [0.4, 0.5) is 0 Å². The quantitative estimate of drug-likeness (QED) is 0.0199. The van der Waals surface area contributed by atoms with Gasteiger partial charge in [0.1, 0.15) is 73.2 Å². The Labute approximate surface area is 598 Å². The Bertz CT molecular complexity index is 2480. The number of carbonyl (C=O) groups excluding carboxylic acids is 1. The number of amides is 1. The molecule has 17 unspecified atom stereocenters. The first-order valence-electron chi connectivity index (χ1n) is 37.4. The lowest BCUT2D eigenvalue weighted by molar-refractivity contribution is -0.379. The van der Waals surface area contributed by atoms with E-state index in [1.807, 2.05) is 6.08 Å². The van der Waals surface area contributed by atoms with E-state index in [2.05, 4.69) is 177 Å². The summed E-state index contributed by atoms with van der Waals surface area (Å²) >= 11 is 0. The second-order valence-electron chi connectivity index (χ2n) is 25.6. The van der Waals surface area contributed by atoms with Gasteiger partial charge in [-0.05, 0) is 128 Å². The molecule has 3 rings (SSSR count). The van der Waals surface area contributed by atoms with Crippen molar-refractivity contribution < 1.29 is 89.4 Å². The summed E-state index contributed by atoms with van der Waals surface area (Å²) in [5.41, 5.74) is 0. The third kappa shape index (κ3) is 39.7. The third-order valence-electron chi connectivity index (χ3n) is 17.2. The predicted molar refractivity (Wildman–Crippen MR) is 396 cm³/mol. The average Bonchev–Trinajstić information content (AvgIpc) is 0.784. The Balaban J connectivity index is 1.38. The molecule has 17 atom stereocenters. The zero-order valence-electron chi connectivity index (χ0n) is 60.1. The van der Waals surface area contributed by atoms with E-state index in [0.29, 0.717) is 12.8 Å². The van der Waals surface area contributed by atoms with Crippen LogP contribution < -0.4 is 5.32 Å². The highest BCUT2D eigenvalue weighted by Crippen LogP contribution is 2.33. The van der Waals surface area contributed by atoms with Crippen molar-refractivity contribution in [1.82, 2.24) is 5.32 Å². The van der Waals surface area contributed by atoms with Gasteiger partial charge in [-0.15, -0.1) is 0 Å². The Hall–Kier alpha value is -4.85. The highest BCUT2D eigenvalue weighted by Gasteiger charge is 2.53. The molecule has 3 aliphatic heterocycles. The summed E-state index contributed by atoms with van der Waals surface area (Å²) in [7, 11) is 0. The number of hydrogen-bond donors (Lipinski definition) is 12. The first-order valence-corrected chi connectivity index (χ1v) is 37.4. The first kappa shape index (κ1) is 89.4. The normalized spacial score (nSPS) is 27.5. The molecule has 1 amide bonds. The number of rotatable bonds is 55. The minimum Gasteiger partial charge on any atom is -0.394 e. The number of aliphatic hydroxyl groups is 11. The smallest absolute Gasteiger partial charge is 0.220 e. The minimum atomic E-state index is -1.99. The zero-order chi connectivity index (χ0) is 72.5. The number of unbranched alkanes of at least 4 members (excludes halogenated alkanes) is 13. The van der Waals surface area contributed by atoms with Crippen molar-refractivity contribution in [3.63, 3.8) is 0 Å². The SMILES string of the molecule is CC/C=C\C/C=C\C/C=C\C/C=C\C/C=C\C/C=C\C/C=C\C/C=C\C/C=C\C/C=C\C/C=C\CCCCCCCC(=O)NC(COC1OC(CO)C(OC2OC(CO)C(OC3OC(CO)C(O)C(O)C3O)C(O)C2O)C(O)C1O)C(O)/C=C/CC/C=C/CC/C=C/CCCCCCCC. The van der Waals surface area contributed by atoms with Crippen LogP contribution >= 0.6 is 0 Å². The number of hydrogen-bond acceptors (Lipinski definition) is 18. The predicted octanol–water partition coefficient (Wildman–Crippen LogP) is 11.4. The van der Waals surface area contributed by atoms with E-state index < -0.39 is 131 Å². The van der Waals surface area contributed by atoms with E-state index in [1.165, 1.54) is 38.5 Å².